The van der Waals surface area contributed by atoms with Crippen molar-refractivity contribution >= 4 is 10.8 Å². The highest BCUT2D eigenvalue weighted by molar-refractivity contribution is 5.87. The highest BCUT2D eigenvalue weighted by Crippen LogP contribution is 2.33. The second-order valence-corrected chi connectivity index (χ2v) is 5.27. The van der Waals surface area contributed by atoms with Crippen molar-refractivity contribution in [2.75, 3.05) is 7.05 Å². The van der Waals surface area contributed by atoms with Crippen LogP contribution in [0.1, 0.15) is 18.1 Å². The fourth-order valence-corrected chi connectivity index (χ4v) is 2.87. The summed E-state index contributed by atoms with van der Waals surface area (Å²) in [4.78, 5) is 0. The largest absolute Gasteiger partial charge is 0.307 e. The van der Waals surface area contributed by atoms with Gasteiger partial charge >= 0.3 is 0 Å². The molecule has 0 heterocycles. The van der Waals surface area contributed by atoms with Gasteiger partial charge in [0.15, 0.2) is 0 Å². The van der Waals surface area contributed by atoms with Gasteiger partial charge in [-0.15, -0.1) is 0 Å². The first-order chi connectivity index (χ1) is 9.75. The van der Waals surface area contributed by atoms with Gasteiger partial charge in [0.2, 0.25) is 0 Å². The molecule has 0 saturated heterocycles. The third-order valence-electron chi connectivity index (χ3n) is 4.18. The van der Waals surface area contributed by atoms with E-state index < -0.39 is 0 Å². The van der Waals surface area contributed by atoms with E-state index in [1.807, 2.05) is 7.05 Å². The van der Waals surface area contributed by atoms with Gasteiger partial charge < -0.3 is 5.32 Å². The molecule has 0 saturated carbocycles. The fraction of sp³-hybridized carbons (Fsp3) is 0.158. The van der Waals surface area contributed by atoms with Crippen LogP contribution in [0, 0.1) is 0 Å². The summed E-state index contributed by atoms with van der Waals surface area (Å²) in [7, 11) is 2.02. The SMILES string of the molecule is CN[C@](C)(c1ccccc1)c1cccc2ccccc12. The molecule has 3 aromatic carbocycles. The van der Waals surface area contributed by atoms with E-state index in [0.29, 0.717) is 0 Å². The van der Waals surface area contributed by atoms with Gasteiger partial charge in [0, 0.05) is 0 Å². The van der Waals surface area contributed by atoms with Crippen molar-refractivity contribution < 1.29 is 0 Å². The molecule has 0 amide bonds. The van der Waals surface area contributed by atoms with Crippen LogP contribution in [0.15, 0.2) is 72.8 Å². The van der Waals surface area contributed by atoms with E-state index in [0.717, 1.165) is 0 Å². The van der Waals surface area contributed by atoms with Crippen molar-refractivity contribution in [3.63, 3.8) is 0 Å². The summed E-state index contributed by atoms with van der Waals surface area (Å²) in [5.74, 6) is 0. The van der Waals surface area contributed by atoms with Crippen molar-refractivity contribution in [2.45, 2.75) is 12.5 Å². The lowest BCUT2D eigenvalue weighted by Crippen LogP contribution is -2.38. The molecule has 0 fully saturated rings. The van der Waals surface area contributed by atoms with Gasteiger partial charge in [-0.1, -0.05) is 72.8 Å². The minimum atomic E-state index is -0.192. The molecule has 0 aliphatic heterocycles. The Morgan fingerprint density at radius 1 is 0.750 bits per heavy atom. The van der Waals surface area contributed by atoms with Crippen LogP contribution in [0.5, 0.6) is 0 Å². The summed E-state index contributed by atoms with van der Waals surface area (Å²) >= 11 is 0. The Hall–Kier alpha value is -2.12. The Morgan fingerprint density at radius 3 is 2.15 bits per heavy atom. The zero-order valence-corrected chi connectivity index (χ0v) is 11.9. The predicted octanol–water partition coefficient (Wildman–Crippen LogP) is 4.32. The maximum absolute atomic E-state index is 3.50. The minimum absolute atomic E-state index is 0.192. The summed E-state index contributed by atoms with van der Waals surface area (Å²) in [6, 6.07) is 25.7. The number of benzene rings is 3. The van der Waals surface area contributed by atoms with Crippen LogP contribution in [-0.4, -0.2) is 7.05 Å². The molecule has 20 heavy (non-hydrogen) atoms. The normalized spacial score (nSPS) is 14.1. The van der Waals surface area contributed by atoms with Gasteiger partial charge in [0.1, 0.15) is 0 Å². The maximum Gasteiger partial charge on any atom is 0.0665 e. The molecule has 0 bridgehead atoms. The second-order valence-electron chi connectivity index (χ2n) is 5.27. The topological polar surface area (TPSA) is 12.0 Å². The average Bonchev–Trinajstić information content (AvgIpc) is 2.54. The Bertz CT molecular complexity index is 713. The highest BCUT2D eigenvalue weighted by atomic mass is 14.9. The van der Waals surface area contributed by atoms with Crippen LogP contribution in [0.2, 0.25) is 0 Å². The second kappa shape index (κ2) is 5.10. The van der Waals surface area contributed by atoms with Crippen molar-refractivity contribution in [3.8, 4) is 0 Å². The summed E-state index contributed by atoms with van der Waals surface area (Å²) in [5.41, 5.74) is 2.39. The van der Waals surface area contributed by atoms with Crippen LogP contribution in [0.4, 0.5) is 0 Å². The summed E-state index contributed by atoms with van der Waals surface area (Å²) in [5, 5.41) is 6.08. The van der Waals surface area contributed by atoms with E-state index in [-0.39, 0.29) is 5.54 Å². The monoisotopic (exact) mass is 261 g/mol. The van der Waals surface area contributed by atoms with Crippen LogP contribution in [-0.2, 0) is 5.54 Å². The average molecular weight is 261 g/mol. The third-order valence-corrected chi connectivity index (χ3v) is 4.18. The maximum atomic E-state index is 3.50. The fourth-order valence-electron chi connectivity index (χ4n) is 2.87. The number of hydrogen-bond donors (Lipinski definition) is 1. The molecule has 0 spiro atoms. The van der Waals surface area contributed by atoms with E-state index in [1.165, 1.54) is 21.9 Å². The third kappa shape index (κ3) is 2.00. The Balaban J connectivity index is 2.27. The van der Waals surface area contributed by atoms with E-state index in [9.17, 15) is 0 Å². The standard InChI is InChI=1S/C19H19N/c1-19(20-2,16-11-4-3-5-12-16)18-14-8-10-15-9-6-7-13-17(15)18/h3-14,20H,1-2H3/t19-/m1/s1. The molecule has 0 unspecified atom stereocenters. The van der Waals surface area contributed by atoms with Crippen molar-refractivity contribution in [1.82, 2.24) is 5.32 Å². The molecule has 0 aliphatic rings. The van der Waals surface area contributed by atoms with E-state index in [1.54, 1.807) is 0 Å². The molecular weight excluding hydrogens is 242 g/mol. The van der Waals surface area contributed by atoms with Crippen LogP contribution in [0.25, 0.3) is 10.8 Å². The molecule has 3 rings (SSSR count). The van der Waals surface area contributed by atoms with Gasteiger partial charge in [-0.2, -0.15) is 0 Å². The number of hydrogen-bond acceptors (Lipinski definition) is 1. The Labute approximate surface area is 120 Å². The van der Waals surface area contributed by atoms with Gasteiger partial charge in [-0.05, 0) is 35.9 Å². The first kappa shape index (κ1) is 12.9. The van der Waals surface area contributed by atoms with Crippen LogP contribution < -0.4 is 5.32 Å². The van der Waals surface area contributed by atoms with E-state index in [4.69, 9.17) is 0 Å². The molecule has 3 aromatic rings. The minimum Gasteiger partial charge on any atom is -0.307 e. The van der Waals surface area contributed by atoms with Crippen molar-refractivity contribution in [1.29, 1.82) is 0 Å². The Kier molecular flexibility index (Phi) is 3.29. The predicted molar refractivity (Wildman–Crippen MR) is 85.9 cm³/mol. The Morgan fingerprint density at radius 2 is 1.40 bits per heavy atom. The van der Waals surface area contributed by atoms with Crippen molar-refractivity contribution in [3.05, 3.63) is 83.9 Å². The zero-order chi connectivity index (χ0) is 14.0. The smallest absolute Gasteiger partial charge is 0.0665 e. The van der Waals surface area contributed by atoms with Crippen LogP contribution in [0.3, 0.4) is 0 Å². The number of fused-ring (bicyclic) bond motifs is 1. The quantitative estimate of drug-likeness (QED) is 0.740. The molecule has 1 nitrogen and oxygen atoms in total. The first-order valence-corrected chi connectivity index (χ1v) is 6.98. The molecule has 1 heteroatoms. The van der Waals surface area contributed by atoms with Gasteiger partial charge in [-0.3, -0.25) is 0 Å². The molecular formula is C19H19N. The number of nitrogens with one attached hydrogen (secondary N) is 1. The molecule has 0 aliphatic carbocycles. The number of rotatable bonds is 3. The van der Waals surface area contributed by atoms with E-state index in [2.05, 4.69) is 85.0 Å². The molecule has 0 aromatic heterocycles. The lowest BCUT2D eigenvalue weighted by Gasteiger charge is -2.32. The van der Waals surface area contributed by atoms with Gasteiger partial charge in [-0.25, -0.2) is 0 Å². The molecule has 1 atom stereocenters. The van der Waals surface area contributed by atoms with Crippen molar-refractivity contribution in [2.24, 2.45) is 0 Å². The van der Waals surface area contributed by atoms with E-state index >= 15 is 0 Å². The molecule has 0 radical (unpaired) electrons. The highest BCUT2D eigenvalue weighted by Gasteiger charge is 2.28. The molecule has 100 valence electrons. The lowest BCUT2D eigenvalue weighted by molar-refractivity contribution is 0.489. The lowest BCUT2D eigenvalue weighted by atomic mass is 9.82. The van der Waals surface area contributed by atoms with Gasteiger partial charge in [0.25, 0.3) is 0 Å². The summed E-state index contributed by atoms with van der Waals surface area (Å²) in [6.07, 6.45) is 0. The van der Waals surface area contributed by atoms with Gasteiger partial charge in [0.05, 0.1) is 5.54 Å². The zero-order valence-electron chi connectivity index (χ0n) is 11.9. The summed E-state index contributed by atoms with van der Waals surface area (Å²) in [6.45, 7) is 2.24. The van der Waals surface area contributed by atoms with Crippen LogP contribution >= 0.6 is 0 Å². The summed E-state index contributed by atoms with van der Waals surface area (Å²) < 4.78 is 0. The molecule has 1 N–H and O–H groups in total. The first-order valence-electron chi connectivity index (χ1n) is 6.98.